The van der Waals surface area contributed by atoms with Crippen molar-refractivity contribution in [3.8, 4) is 0 Å². The lowest BCUT2D eigenvalue weighted by atomic mass is 10.0. The van der Waals surface area contributed by atoms with Gasteiger partial charge in [0.15, 0.2) is 5.78 Å². The van der Waals surface area contributed by atoms with Crippen LogP contribution in [-0.2, 0) is 0 Å². The van der Waals surface area contributed by atoms with E-state index in [1.807, 2.05) is 6.92 Å². The zero-order valence-corrected chi connectivity index (χ0v) is 12.2. The SMILES string of the molecule is CC(NC1CCCCCC1)C(=O)c1ccc(Cl)cc1. The van der Waals surface area contributed by atoms with Crippen molar-refractivity contribution >= 4 is 17.4 Å². The maximum Gasteiger partial charge on any atom is 0.179 e. The van der Waals surface area contributed by atoms with Crippen molar-refractivity contribution < 1.29 is 4.79 Å². The molecule has 1 atom stereocenters. The maximum absolute atomic E-state index is 12.3. The Balaban J connectivity index is 1.92. The highest BCUT2D eigenvalue weighted by atomic mass is 35.5. The molecule has 2 rings (SSSR count). The molecular formula is C16H22ClNO. The summed E-state index contributed by atoms with van der Waals surface area (Å²) >= 11 is 5.84. The second-order valence-corrected chi connectivity index (χ2v) is 5.88. The molecule has 1 N–H and O–H groups in total. The molecule has 1 aromatic rings. The predicted octanol–water partition coefficient (Wildman–Crippen LogP) is 4.22. The van der Waals surface area contributed by atoms with E-state index in [2.05, 4.69) is 5.32 Å². The van der Waals surface area contributed by atoms with E-state index >= 15 is 0 Å². The number of Topliss-reactive ketones (excluding diaryl/α,β-unsaturated/α-hetero) is 1. The summed E-state index contributed by atoms with van der Waals surface area (Å²) in [4.78, 5) is 12.3. The van der Waals surface area contributed by atoms with Gasteiger partial charge in [-0.2, -0.15) is 0 Å². The van der Waals surface area contributed by atoms with Gasteiger partial charge in [-0.15, -0.1) is 0 Å². The summed E-state index contributed by atoms with van der Waals surface area (Å²) in [7, 11) is 0. The normalized spacial score (nSPS) is 18.8. The maximum atomic E-state index is 12.3. The van der Waals surface area contributed by atoms with Crippen LogP contribution in [0.25, 0.3) is 0 Å². The lowest BCUT2D eigenvalue weighted by molar-refractivity contribution is 0.0942. The molecule has 2 nitrogen and oxygen atoms in total. The summed E-state index contributed by atoms with van der Waals surface area (Å²) in [5, 5.41) is 4.16. The first-order valence-corrected chi connectivity index (χ1v) is 7.60. The third-order valence-electron chi connectivity index (χ3n) is 3.86. The lowest BCUT2D eigenvalue weighted by Crippen LogP contribution is -2.41. The van der Waals surface area contributed by atoms with Gasteiger partial charge in [-0.25, -0.2) is 0 Å². The van der Waals surface area contributed by atoms with E-state index in [0.717, 1.165) is 5.56 Å². The highest BCUT2D eigenvalue weighted by Gasteiger charge is 2.19. The molecule has 0 bridgehead atoms. The molecule has 0 spiro atoms. The Morgan fingerprint density at radius 1 is 1.16 bits per heavy atom. The summed E-state index contributed by atoms with van der Waals surface area (Å²) in [6.45, 7) is 1.96. The zero-order valence-electron chi connectivity index (χ0n) is 11.5. The molecule has 0 amide bonds. The van der Waals surface area contributed by atoms with Crippen LogP contribution in [0.15, 0.2) is 24.3 Å². The molecule has 0 aromatic heterocycles. The van der Waals surface area contributed by atoms with Crippen LogP contribution in [0.3, 0.4) is 0 Å². The summed E-state index contributed by atoms with van der Waals surface area (Å²) < 4.78 is 0. The van der Waals surface area contributed by atoms with Crippen molar-refractivity contribution in [1.82, 2.24) is 5.32 Å². The molecule has 1 aliphatic carbocycles. The fourth-order valence-electron chi connectivity index (χ4n) is 2.74. The van der Waals surface area contributed by atoms with E-state index in [0.29, 0.717) is 11.1 Å². The molecule has 1 unspecified atom stereocenters. The number of nitrogens with one attached hydrogen (secondary N) is 1. The molecule has 0 heterocycles. The quantitative estimate of drug-likeness (QED) is 0.660. The number of rotatable bonds is 4. The van der Waals surface area contributed by atoms with Gasteiger partial charge < -0.3 is 5.32 Å². The van der Waals surface area contributed by atoms with Crippen molar-refractivity contribution in [2.24, 2.45) is 0 Å². The average Bonchev–Trinajstić information content (AvgIpc) is 2.67. The number of ketones is 1. The third-order valence-corrected chi connectivity index (χ3v) is 4.11. The Labute approximate surface area is 120 Å². The first-order chi connectivity index (χ1) is 9.16. The first kappa shape index (κ1) is 14.5. The average molecular weight is 280 g/mol. The Morgan fingerprint density at radius 3 is 2.32 bits per heavy atom. The Morgan fingerprint density at radius 2 is 1.74 bits per heavy atom. The molecule has 104 valence electrons. The van der Waals surface area contributed by atoms with Crippen molar-refractivity contribution in [3.05, 3.63) is 34.9 Å². The van der Waals surface area contributed by atoms with Gasteiger partial charge in [-0.3, -0.25) is 4.79 Å². The fraction of sp³-hybridized carbons (Fsp3) is 0.562. The second kappa shape index (κ2) is 7.06. The van der Waals surface area contributed by atoms with Crippen LogP contribution in [0.4, 0.5) is 0 Å². The van der Waals surface area contributed by atoms with Gasteiger partial charge in [0.1, 0.15) is 0 Å². The van der Waals surface area contributed by atoms with E-state index in [4.69, 9.17) is 11.6 Å². The highest BCUT2D eigenvalue weighted by Crippen LogP contribution is 2.18. The minimum Gasteiger partial charge on any atom is -0.305 e. The molecule has 3 heteroatoms. The standard InChI is InChI=1S/C16H22ClNO/c1-12(18-15-6-4-2-3-5-7-15)16(19)13-8-10-14(17)11-9-13/h8-12,15,18H,2-7H2,1H3. The van der Waals surface area contributed by atoms with Gasteiger partial charge >= 0.3 is 0 Å². The van der Waals surface area contributed by atoms with E-state index in [1.54, 1.807) is 24.3 Å². The Kier molecular flexibility index (Phi) is 5.41. The largest absolute Gasteiger partial charge is 0.305 e. The Hall–Kier alpha value is -0.860. The molecule has 1 fully saturated rings. The van der Waals surface area contributed by atoms with Gasteiger partial charge in [-0.1, -0.05) is 37.3 Å². The molecular weight excluding hydrogens is 258 g/mol. The number of hydrogen-bond acceptors (Lipinski definition) is 2. The smallest absolute Gasteiger partial charge is 0.179 e. The number of carbonyl (C=O) groups excluding carboxylic acids is 1. The highest BCUT2D eigenvalue weighted by molar-refractivity contribution is 6.30. The van der Waals surface area contributed by atoms with Crippen LogP contribution < -0.4 is 5.32 Å². The summed E-state index contributed by atoms with van der Waals surface area (Å²) in [5.74, 6) is 0.154. The Bertz CT molecular complexity index is 407. The molecule has 19 heavy (non-hydrogen) atoms. The monoisotopic (exact) mass is 279 g/mol. The van der Waals surface area contributed by atoms with E-state index in [1.165, 1.54) is 38.5 Å². The van der Waals surface area contributed by atoms with Crippen LogP contribution in [-0.4, -0.2) is 17.9 Å². The van der Waals surface area contributed by atoms with Crippen molar-refractivity contribution in [2.45, 2.75) is 57.5 Å². The van der Waals surface area contributed by atoms with E-state index in [9.17, 15) is 4.79 Å². The first-order valence-electron chi connectivity index (χ1n) is 7.22. The van der Waals surface area contributed by atoms with Crippen LogP contribution >= 0.6 is 11.6 Å². The van der Waals surface area contributed by atoms with E-state index in [-0.39, 0.29) is 11.8 Å². The molecule has 1 aromatic carbocycles. The molecule has 0 radical (unpaired) electrons. The summed E-state index contributed by atoms with van der Waals surface area (Å²) in [5.41, 5.74) is 0.734. The van der Waals surface area contributed by atoms with Gasteiger partial charge in [0.2, 0.25) is 0 Å². The minimum atomic E-state index is -0.121. The topological polar surface area (TPSA) is 29.1 Å². The predicted molar refractivity (Wildman–Crippen MR) is 79.9 cm³/mol. The van der Waals surface area contributed by atoms with Gasteiger partial charge in [0, 0.05) is 16.6 Å². The summed E-state index contributed by atoms with van der Waals surface area (Å²) in [6.07, 6.45) is 7.60. The zero-order chi connectivity index (χ0) is 13.7. The van der Waals surface area contributed by atoms with E-state index < -0.39 is 0 Å². The second-order valence-electron chi connectivity index (χ2n) is 5.45. The van der Waals surface area contributed by atoms with Crippen molar-refractivity contribution in [2.75, 3.05) is 0 Å². The van der Waals surface area contributed by atoms with Crippen molar-refractivity contribution in [3.63, 3.8) is 0 Å². The lowest BCUT2D eigenvalue weighted by Gasteiger charge is -2.21. The minimum absolute atomic E-state index is 0.121. The number of carbonyl (C=O) groups is 1. The van der Waals surface area contributed by atoms with Gasteiger partial charge in [-0.05, 0) is 44.0 Å². The van der Waals surface area contributed by atoms with Crippen LogP contribution in [0.5, 0.6) is 0 Å². The number of benzene rings is 1. The van der Waals surface area contributed by atoms with Gasteiger partial charge in [0.05, 0.1) is 6.04 Å². The molecule has 0 aliphatic heterocycles. The van der Waals surface area contributed by atoms with Crippen LogP contribution in [0, 0.1) is 0 Å². The number of halogens is 1. The molecule has 1 saturated carbocycles. The van der Waals surface area contributed by atoms with Gasteiger partial charge in [0.25, 0.3) is 0 Å². The summed E-state index contributed by atoms with van der Waals surface area (Å²) in [6, 6.07) is 7.52. The van der Waals surface area contributed by atoms with Crippen LogP contribution in [0.1, 0.15) is 55.8 Å². The van der Waals surface area contributed by atoms with Crippen molar-refractivity contribution in [1.29, 1.82) is 0 Å². The third kappa shape index (κ3) is 4.32. The fourth-order valence-corrected chi connectivity index (χ4v) is 2.87. The van der Waals surface area contributed by atoms with Crippen LogP contribution in [0.2, 0.25) is 5.02 Å². The molecule has 0 saturated heterocycles. The number of hydrogen-bond donors (Lipinski definition) is 1. The molecule has 1 aliphatic rings.